The lowest BCUT2D eigenvalue weighted by atomic mass is 9.90. The molecule has 0 atom stereocenters. The standard InChI is InChI=1S/C12H15N3/c1-12(2,3)10-8-14-15(9-10)11-6-4-5-7-13-11/h4-9H,1-3H3. The lowest BCUT2D eigenvalue weighted by molar-refractivity contribution is 0.590. The van der Waals surface area contributed by atoms with Gasteiger partial charge >= 0.3 is 0 Å². The molecule has 0 saturated carbocycles. The summed E-state index contributed by atoms with van der Waals surface area (Å²) in [5.74, 6) is 0.855. The second kappa shape index (κ2) is 3.50. The van der Waals surface area contributed by atoms with Gasteiger partial charge < -0.3 is 0 Å². The van der Waals surface area contributed by atoms with Crippen LogP contribution in [0.15, 0.2) is 36.8 Å². The lowest BCUT2D eigenvalue weighted by Crippen LogP contribution is -2.09. The summed E-state index contributed by atoms with van der Waals surface area (Å²) >= 11 is 0. The third-order valence-electron chi connectivity index (χ3n) is 2.33. The van der Waals surface area contributed by atoms with Crippen molar-refractivity contribution >= 4 is 0 Å². The number of aromatic nitrogens is 3. The van der Waals surface area contributed by atoms with Gasteiger partial charge in [-0.1, -0.05) is 26.8 Å². The van der Waals surface area contributed by atoms with E-state index in [1.165, 1.54) is 5.56 Å². The molecule has 0 amide bonds. The highest BCUT2D eigenvalue weighted by Gasteiger charge is 2.15. The summed E-state index contributed by atoms with van der Waals surface area (Å²) in [6, 6.07) is 5.80. The monoisotopic (exact) mass is 201 g/mol. The minimum absolute atomic E-state index is 0.132. The van der Waals surface area contributed by atoms with Crippen molar-refractivity contribution < 1.29 is 0 Å². The average Bonchev–Trinajstić information content (AvgIpc) is 2.67. The first kappa shape index (κ1) is 9.90. The van der Waals surface area contributed by atoms with Gasteiger partial charge in [-0.25, -0.2) is 9.67 Å². The molecule has 0 saturated heterocycles. The second-order valence-corrected chi connectivity index (χ2v) is 4.61. The fourth-order valence-electron chi connectivity index (χ4n) is 1.32. The van der Waals surface area contributed by atoms with Crippen LogP contribution in [0.25, 0.3) is 5.82 Å². The molecule has 0 unspecified atom stereocenters. The van der Waals surface area contributed by atoms with E-state index in [-0.39, 0.29) is 5.41 Å². The van der Waals surface area contributed by atoms with Crippen LogP contribution in [-0.2, 0) is 5.41 Å². The molecule has 0 aliphatic carbocycles. The highest BCUT2D eigenvalue weighted by molar-refractivity contribution is 5.24. The molecular weight excluding hydrogens is 186 g/mol. The maximum Gasteiger partial charge on any atom is 0.153 e. The summed E-state index contributed by atoms with van der Waals surface area (Å²) < 4.78 is 1.81. The zero-order chi connectivity index (χ0) is 10.9. The van der Waals surface area contributed by atoms with Crippen molar-refractivity contribution in [2.24, 2.45) is 0 Å². The molecule has 0 aromatic carbocycles. The van der Waals surface area contributed by atoms with Gasteiger partial charge in [-0.15, -0.1) is 0 Å². The normalized spacial score (nSPS) is 11.7. The van der Waals surface area contributed by atoms with Crippen LogP contribution >= 0.6 is 0 Å². The zero-order valence-electron chi connectivity index (χ0n) is 9.31. The summed E-state index contributed by atoms with van der Waals surface area (Å²) in [7, 11) is 0. The number of pyridine rings is 1. The predicted octanol–water partition coefficient (Wildman–Crippen LogP) is 2.56. The molecule has 2 rings (SSSR count). The summed E-state index contributed by atoms with van der Waals surface area (Å²) in [5, 5.41) is 4.31. The zero-order valence-corrected chi connectivity index (χ0v) is 9.31. The van der Waals surface area contributed by atoms with E-state index in [9.17, 15) is 0 Å². The molecular formula is C12H15N3. The van der Waals surface area contributed by atoms with E-state index in [1.807, 2.05) is 30.6 Å². The third kappa shape index (κ3) is 2.06. The van der Waals surface area contributed by atoms with Crippen LogP contribution in [-0.4, -0.2) is 14.8 Å². The maximum absolute atomic E-state index is 4.31. The Kier molecular flexibility index (Phi) is 2.31. The van der Waals surface area contributed by atoms with Crippen molar-refractivity contribution in [3.05, 3.63) is 42.4 Å². The second-order valence-electron chi connectivity index (χ2n) is 4.61. The average molecular weight is 201 g/mol. The number of nitrogens with zero attached hydrogens (tertiary/aromatic N) is 3. The smallest absolute Gasteiger partial charge is 0.153 e. The van der Waals surface area contributed by atoms with E-state index in [1.54, 1.807) is 10.9 Å². The van der Waals surface area contributed by atoms with Gasteiger partial charge in [-0.2, -0.15) is 5.10 Å². The van der Waals surface area contributed by atoms with Crippen LogP contribution in [0.4, 0.5) is 0 Å². The molecule has 3 heteroatoms. The van der Waals surface area contributed by atoms with Crippen molar-refractivity contribution in [1.29, 1.82) is 0 Å². The van der Waals surface area contributed by atoms with E-state index in [4.69, 9.17) is 0 Å². The topological polar surface area (TPSA) is 30.7 Å². The van der Waals surface area contributed by atoms with Crippen LogP contribution in [0.1, 0.15) is 26.3 Å². The van der Waals surface area contributed by atoms with E-state index in [0.717, 1.165) is 5.82 Å². The Morgan fingerprint density at radius 2 is 2.00 bits per heavy atom. The Labute approximate surface area is 89.8 Å². The van der Waals surface area contributed by atoms with Gasteiger partial charge in [0.25, 0.3) is 0 Å². The lowest BCUT2D eigenvalue weighted by Gasteiger charge is -2.14. The molecule has 0 aliphatic rings. The molecule has 0 bridgehead atoms. The van der Waals surface area contributed by atoms with Crippen LogP contribution in [0.3, 0.4) is 0 Å². The van der Waals surface area contributed by atoms with Crippen LogP contribution in [0, 0.1) is 0 Å². The summed E-state index contributed by atoms with van der Waals surface area (Å²) in [5.41, 5.74) is 1.35. The molecule has 3 nitrogen and oxygen atoms in total. The Morgan fingerprint density at radius 3 is 2.53 bits per heavy atom. The number of hydrogen-bond donors (Lipinski definition) is 0. The fraction of sp³-hybridized carbons (Fsp3) is 0.333. The van der Waals surface area contributed by atoms with Gasteiger partial charge in [0.1, 0.15) is 0 Å². The summed E-state index contributed by atoms with van der Waals surface area (Å²) in [4.78, 5) is 4.24. The molecule has 2 heterocycles. The summed E-state index contributed by atoms with van der Waals surface area (Å²) in [6.45, 7) is 6.52. The van der Waals surface area contributed by atoms with Gasteiger partial charge in [0.15, 0.2) is 5.82 Å². The molecule has 0 radical (unpaired) electrons. The Balaban J connectivity index is 2.37. The quantitative estimate of drug-likeness (QED) is 0.710. The van der Waals surface area contributed by atoms with Crippen LogP contribution in [0.2, 0.25) is 0 Å². The largest absolute Gasteiger partial charge is 0.237 e. The molecule has 0 N–H and O–H groups in total. The minimum atomic E-state index is 0.132. The van der Waals surface area contributed by atoms with E-state index < -0.39 is 0 Å². The minimum Gasteiger partial charge on any atom is -0.237 e. The Hall–Kier alpha value is -1.64. The van der Waals surface area contributed by atoms with Crippen molar-refractivity contribution in [3.63, 3.8) is 0 Å². The first-order valence-electron chi connectivity index (χ1n) is 5.04. The van der Waals surface area contributed by atoms with Gasteiger partial charge in [-0.3, -0.25) is 0 Å². The van der Waals surface area contributed by atoms with Crippen molar-refractivity contribution in [2.45, 2.75) is 26.2 Å². The molecule has 0 fully saturated rings. The SMILES string of the molecule is CC(C)(C)c1cnn(-c2ccccn2)c1. The fourth-order valence-corrected chi connectivity index (χ4v) is 1.32. The molecule has 2 aromatic heterocycles. The highest BCUT2D eigenvalue weighted by Crippen LogP contribution is 2.21. The first-order valence-corrected chi connectivity index (χ1v) is 5.04. The Morgan fingerprint density at radius 1 is 1.20 bits per heavy atom. The molecule has 2 aromatic rings. The summed E-state index contributed by atoms with van der Waals surface area (Å²) in [6.07, 6.45) is 5.70. The number of rotatable bonds is 1. The van der Waals surface area contributed by atoms with E-state index in [0.29, 0.717) is 0 Å². The highest BCUT2D eigenvalue weighted by atomic mass is 15.3. The third-order valence-corrected chi connectivity index (χ3v) is 2.33. The molecule has 0 aliphatic heterocycles. The first-order chi connectivity index (χ1) is 7.07. The van der Waals surface area contributed by atoms with Crippen molar-refractivity contribution in [1.82, 2.24) is 14.8 Å². The predicted molar refractivity (Wildman–Crippen MR) is 60.1 cm³/mol. The van der Waals surface area contributed by atoms with Crippen LogP contribution in [0.5, 0.6) is 0 Å². The molecule has 0 spiro atoms. The Bertz CT molecular complexity index is 437. The number of hydrogen-bond acceptors (Lipinski definition) is 2. The van der Waals surface area contributed by atoms with Crippen LogP contribution < -0.4 is 0 Å². The van der Waals surface area contributed by atoms with Crippen molar-refractivity contribution in [2.75, 3.05) is 0 Å². The van der Waals surface area contributed by atoms with E-state index >= 15 is 0 Å². The van der Waals surface area contributed by atoms with Gasteiger partial charge in [-0.05, 0) is 23.1 Å². The van der Waals surface area contributed by atoms with E-state index in [2.05, 4.69) is 30.9 Å². The maximum atomic E-state index is 4.31. The van der Waals surface area contributed by atoms with Gasteiger partial charge in [0, 0.05) is 12.4 Å². The van der Waals surface area contributed by atoms with Gasteiger partial charge in [0.2, 0.25) is 0 Å². The molecule has 78 valence electrons. The van der Waals surface area contributed by atoms with Crippen molar-refractivity contribution in [3.8, 4) is 5.82 Å². The molecule has 15 heavy (non-hydrogen) atoms. The van der Waals surface area contributed by atoms with Gasteiger partial charge in [0.05, 0.1) is 6.20 Å².